The fraction of sp³-hybridized carbons (Fsp3) is 0.500. The Hall–Kier alpha value is -0.980. The first kappa shape index (κ1) is 11.5. The van der Waals surface area contributed by atoms with Crippen molar-refractivity contribution >= 4 is 17.2 Å². The van der Waals surface area contributed by atoms with E-state index in [4.69, 9.17) is 15.6 Å². The van der Waals surface area contributed by atoms with Crippen molar-refractivity contribution in [2.45, 2.75) is 18.9 Å². The minimum absolute atomic E-state index is 0.0322. The van der Waals surface area contributed by atoms with E-state index in [0.29, 0.717) is 29.9 Å². The van der Waals surface area contributed by atoms with E-state index in [2.05, 4.69) is 0 Å². The first-order chi connectivity index (χ1) is 7.65. The highest BCUT2D eigenvalue weighted by molar-refractivity contribution is 7.14. The van der Waals surface area contributed by atoms with Crippen LogP contribution in [0.25, 0.3) is 0 Å². The smallest absolute Gasteiger partial charge is 0.261 e. The molecule has 3 N–H and O–H groups in total. The van der Waals surface area contributed by atoms with Crippen LogP contribution in [-0.4, -0.2) is 24.2 Å². The SMILES string of the molecule is NC(=O)c1sc2c(c1F)CCOC2CCO. The fourth-order valence-electron chi connectivity index (χ4n) is 1.82. The minimum Gasteiger partial charge on any atom is -0.396 e. The largest absolute Gasteiger partial charge is 0.396 e. The highest BCUT2D eigenvalue weighted by Crippen LogP contribution is 2.38. The van der Waals surface area contributed by atoms with Gasteiger partial charge in [0.1, 0.15) is 10.7 Å². The number of hydrogen-bond donors (Lipinski definition) is 2. The predicted octanol–water partition coefficient (Wildman–Crippen LogP) is 0.982. The van der Waals surface area contributed by atoms with Crippen LogP contribution in [0.4, 0.5) is 4.39 Å². The number of hydrogen-bond acceptors (Lipinski definition) is 4. The normalized spacial score (nSPS) is 19.5. The van der Waals surface area contributed by atoms with Gasteiger partial charge in [0.25, 0.3) is 5.91 Å². The fourth-order valence-corrected chi connectivity index (χ4v) is 2.99. The van der Waals surface area contributed by atoms with Gasteiger partial charge in [-0.25, -0.2) is 4.39 Å². The molecule has 1 unspecified atom stereocenters. The first-order valence-corrected chi connectivity index (χ1v) is 5.80. The van der Waals surface area contributed by atoms with E-state index in [1.54, 1.807) is 0 Å². The van der Waals surface area contributed by atoms with Crippen molar-refractivity contribution in [2.75, 3.05) is 13.2 Å². The molecule has 16 heavy (non-hydrogen) atoms. The molecule has 1 aliphatic heterocycles. The number of nitrogens with two attached hydrogens (primary N) is 1. The molecular weight excluding hydrogens is 233 g/mol. The number of aliphatic hydroxyl groups excluding tert-OH is 1. The van der Waals surface area contributed by atoms with Crippen LogP contribution in [0.3, 0.4) is 0 Å². The van der Waals surface area contributed by atoms with Crippen LogP contribution in [0.5, 0.6) is 0 Å². The molecule has 2 rings (SSSR count). The molecule has 1 aromatic rings. The lowest BCUT2D eigenvalue weighted by Crippen LogP contribution is -2.16. The zero-order chi connectivity index (χ0) is 11.7. The summed E-state index contributed by atoms with van der Waals surface area (Å²) in [6, 6.07) is 0. The van der Waals surface area contributed by atoms with Gasteiger partial charge in [0.05, 0.1) is 12.7 Å². The molecule has 1 atom stereocenters. The third-order valence-corrected chi connectivity index (χ3v) is 3.87. The summed E-state index contributed by atoms with van der Waals surface area (Å²) in [6.07, 6.45) is 0.541. The molecule has 0 saturated heterocycles. The lowest BCUT2D eigenvalue weighted by molar-refractivity contribution is 0.0274. The molecule has 0 aliphatic carbocycles. The number of halogens is 1. The van der Waals surface area contributed by atoms with E-state index < -0.39 is 11.7 Å². The van der Waals surface area contributed by atoms with E-state index >= 15 is 0 Å². The average molecular weight is 245 g/mol. The second kappa shape index (κ2) is 4.48. The molecule has 6 heteroatoms. The summed E-state index contributed by atoms with van der Waals surface area (Å²) in [6.45, 7) is 0.374. The van der Waals surface area contributed by atoms with E-state index in [1.807, 2.05) is 0 Å². The second-order valence-corrected chi connectivity index (χ2v) is 4.63. The molecule has 0 aromatic carbocycles. The molecule has 1 amide bonds. The van der Waals surface area contributed by atoms with Gasteiger partial charge in [-0.05, 0) is 6.42 Å². The Morgan fingerprint density at radius 3 is 3.06 bits per heavy atom. The topological polar surface area (TPSA) is 72.6 Å². The molecule has 2 heterocycles. The predicted molar refractivity (Wildman–Crippen MR) is 56.9 cm³/mol. The number of aliphatic hydroxyl groups is 1. The lowest BCUT2D eigenvalue weighted by Gasteiger charge is -2.22. The Kier molecular flexibility index (Phi) is 3.22. The van der Waals surface area contributed by atoms with Crippen molar-refractivity contribution in [1.29, 1.82) is 0 Å². The molecule has 0 radical (unpaired) electrons. The molecule has 0 spiro atoms. The van der Waals surface area contributed by atoms with Crippen molar-refractivity contribution < 1.29 is 19.0 Å². The van der Waals surface area contributed by atoms with Gasteiger partial charge in [-0.2, -0.15) is 0 Å². The Balaban J connectivity index is 2.41. The monoisotopic (exact) mass is 245 g/mol. The minimum atomic E-state index is -0.750. The number of fused-ring (bicyclic) bond motifs is 1. The van der Waals surface area contributed by atoms with Crippen LogP contribution in [-0.2, 0) is 11.2 Å². The Bertz CT molecular complexity index is 418. The van der Waals surface area contributed by atoms with Crippen molar-refractivity contribution in [1.82, 2.24) is 0 Å². The molecule has 0 fully saturated rings. The Morgan fingerprint density at radius 2 is 2.44 bits per heavy atom. The van der Waals surface area contributed by atoms with Gasteiger partial charge >= 0.3 is 0 Å². The molecule has 88 valence electrons. The van der Waals surface area contributed by atoms with Gasteiger partial charge in [-0.15, -0.1) is 11.3 Å². The zero-order valence-electron chi connectivity index (χ0n) is 8.53. The molecule has 1 aliphatic rings. The standard InChI is InChI=1S/C10H12FNO3S/c11-7-5-2-4-15-6(1-3-13)8(5)16-9(7)10(12)14/h6,13H,1-4H2,(H2,12,14). The summed E-state index contributed by atoms with van der Waals surface area (Å²) >= 11 is 1.03. The van der Waals surface area contributed by atoms with Crippen molar-refractivity contribution in [3.8, 4) is 0 Å². The number of amides is 1. The van der Waals surface area contributed by atoms with Crippen molar-refractivity contribution in [3.05, 3.63) is 21.1 Å². The molecule has 0 bridgehead atoms. The van der Waals surface area contributed by atoms with Crippen LogP contribution in [0.2, 0.25) is 0 Å². The van der Waals surface area contributed by atoms with E-state index in [1.165, 1.54) is 0 Å². The highest BCUT2D eigenvalue weighted by atomic mass is 32.1. The van der Waals surface area contributed by atoms with Crippen LogP contribution >= 0.6 is 11.3 Å². The third-order valence-electron chi connectivity index (χ3n) is 2.55. The first-order valence-electron chi connectivity index (χ1n) is 4.98. The van der Waals surface area contributed by atoms with Crippen molar-refractivity contribution in [3.63, 3.8) is 0 Å². The van der Waals surface area contributed by atoms with Crippen LogP contribution < -0.4 is 5.73 Å². The molecular formula is C10H12FNO3S. The van der Waals surface area contributed by atoms with Crippen LogP contribution in [0.15, 0.2) is 0 Å². The van der Waals surface area contributed by atoms with E-state index in [9.17, 15) is 9.18 Å². The van der Waals surface area contributed by atoms with Gasteiger partial charge in [-0.1, -0.05) is 0 Å². The summed E-state index contributed by atoms with van der Waals surface area (Å²) < 4.78 is 19.2. The number of carbonyl (C=O) groups is 1. The van der Waals surface area contributed by atoms with Gasteiger partial charge in [0.2, 0.25) is 0 Å². The number of rotatable bonds is 3. The number of carbonyl (C=O) groups excluding carboxylic acids is 1. The zero-order valence-corrected chi connectivity index (χ0v) is 9.35. The molecule has 0 saturated carbocycles. The van der Waals surface area contributed by atoms with E-state index in [0.717, 1.165) is 11.3 Å². The van der Waals surface area contributed by atoms with Crippen molar-refractivity contribution in [2.24, 2.45) is 5.73 Å². The van der Waals surface area contributed by atoms with E-state index in [-0.39, 0.29) is 17.6 Å². The maximum atomic E-state index is 13.8. The summed E-state index contributed by atoms with van der Waals surface area (Å²) in [5, 5.41) is 8.87. The van der Waals surface area contributed by atoms with Crippen LogP contribution in [0, 0.1) is 5.82 Å². The summed E-state index contributed by atoms with van der Waals surface area (Å²) in [5.41, 5.74) is 5.60. The second-order valence-electron chi connectivity index (χ2n) is 3.57. The summed E-state index contributed by atoms with van der Waals surface area (Å²) in [5.74, 6) is -1.27. The summed E-state index contributed by atoms with van der Waals surface area (Å²) in [7, 11) is 0. The van der Waals surface area contributed by atoms with Gasteiger partial charge < -0.3 is 15.6 Å². The number of thiophene rings is 1. The maximum Gasteiger partial charge on any atom is 0.261 e. The van der Waals surface area contributed by atoms with Gasteiger partial charge in [0.15, 0.2) is 0 Å². The van der Waals surface area contributed by atoms with Crippen LogP contribution in [0.1, 0.15) is 32.6 Å². The average Bonchev–Trinajstić information content (AvgIpc) is 2.58. The Labute approximate surface area is 95.8 Å². The maximum absolute atomic E-state index is 13.8. The molecule has 1 aromatic heterocycles. The number of primary amides is 1. The number of ether oxygens (including phenoxy) is 1. The highest BCUT2D eigenvalue weighted by Gasteiger charge is 2.29. The third kappa shape index (κ3) is 1.83. The summed E-state index contributed by atoms with van der Waals surface area (Å²) in [4.78, 5) is 11.7. The van der Waals surface area contributed by atoms with Gasteiger partial charge in [0, 0.05) is 23.5 Å². The Morgan fingerprint density at radius 1 is 1.69 bits per heavy atom. The lowest BCUT2D eigenvalue weighted by atomic mass is 10.0. The van der Waals surface area contributed by atoms with Gasteiger partial charge in [-0.3, -0.25) is 4.79 Å². The quantitative estimate of drug-likeness (QED) is 0.833. The molecule has 4 nitrogen and oxygen atoms in total.